The highest BCUT2D eigenvalue weighted by atomic mass is 32.2. The Balaban J connectivity index is 2.20. The van der Waals surface area contributed by atoms with Crippen molar-refractivity contribution in [2.45, 2.75) is 37.1 Å². The molecule has 0 saturated heterocycles. The van der Waals surface area contributed by atoms with Gasteiger partial charge in [-0.15, -0.1) is 0 Å². The molecule has 5 heteroatoms. The minimum atomic E-state index is -3.35. The number of anilines is 1. The molecule has 1 N–H and O–H groups in total. The molecule has 106 valence electrons. The Hall–Kier alpha value is -1.07. The maximum Gasteiger partial charge on any atom is 0.242 e. The average molecular weight is 282 g/mol. The van der Waals surface area contributed by atoms with Crippen LogP contribution in [-0.4, -0.2) is 32.9 Å². The van der Waals surface area contributed by atoms with Crippen molar-refractivity contribution < 1.29 is 8.42 Å². The van der Waals surface area contributed by atoms with Gasteiger partial charge in [0.25, 0.3) is 0 Å². The largest absolute Gasteiger partial charge is 0.382 e. The standard InChI is InChI=1S/C14H22N2O2S/c1-11-6-4-9-14(11)15-12-7-5-8-13(10-12)19(17,18)16(2)3/h5,7-8,10-11,14-15H,4,6,9H2,1-3H3. The summed E-state index contributed by atoms with van der Waals surface area (Å²) in [5.74, 6) is 0.647. The minimum Gasteiger partial charge on any atom is -0.382 e. The molecule has 19 heavy (non-hydrogen) atoms. The molecule has 0 radical (unpaired) electrons. The van der Waals surface area contributed by atoms with E-state index in [4.69, 9.17) is 0 Å². The van der Waals surface area contributed by atoms with Crippen LogP contribution in [0.2, 0.25) is 0 Å². The van der Waals surface area contributed by atoms with Crippen LogP contribution >= 0.6 is 0 Å². The molecular formula is C14H22N2O2S. The summed E-state index contributed by atoms with van der Waals surface area (Å²) in [4.78, 5) is 0.341. The third-order valence-corrected chi connectivity index (χ3v) is 5.64. The Morgan fingerprint density at radius 1 is 1.26 bits per heavy atom. The van der Waals surface area contributed by atoms with Crippen molar-refractivity contribution in [3.63, 3.8) is 0 Å². The van der Waals surface area contributed by atoms with E-state index in [0.717, 1.165) is 12.1 Å². The van der Waals surface area contributed by atoms with Crippen molar-refractivity contribution >= 4 is 15.7 Å². The molecule has 1 saturated carbocycles. The van der Waals surface area contributed by atoms with Gasteiger partial charge in [0.1, 0.15) is 0 Å². The predicted molar refractivity (Wildman–Crippen MR) is 77.7 cm³/mol. The zero-order valence-corrected chi connectivity index (χ0v) is 12.6. The molecule has 0 amide bonds. The molecule has 1 aromatic rings. The molecule has 0 heterocycles. The van der Waals surface area contributed by atoms with Crippen LogP contribution in [0.15, 0.2) is 29.2 Å². The number of benzene rings is 1. The van der Waals surface area contributed by atoms with Crippen LogP contribution in [0.25, 0.3) is 0 Å². The van der Waals surface area contributed by atoms with E-state index >= 15 is 0 Å². The second-order valence-corrected chi connectivity index (χ2v) is 7.63. The SMILES string of the molecule is CC1CCCC1Nc1cccc(S(=O)(=O)N(C)C)c1. The molecule has 1 aliphatic carbocycles. The summed E-state index contributed by atoms with van der Waals surface area (Å²) in [6, 6.07) is 7.54. The monoisotopic (exact) mass is 282 g/mol. The third-order valence-electron chi connectivity index (χ3n) is 3.83. The van der Waals surface area contributed by atoms with Gasteiger partial charge in [-0.05, 0) is 37.0 Å². The Bertz CT molecular complexity index is 540. The topological polar surface area (TPSA) is 49.4 Å². The van der Waals surface area contributed by atoms with Crippen molar-refractivity contribution in [3.8, 4) is 0 Å². The van der Waals surface area contributed by atoms with Crippen molar-refractivity contribution in [1.82, 2.24) is 4.31 Å². The lowest BCUT2D eigenvalue weighted by Gasteiger charge is -2.19. The first-order chi connectivity index (χ1) is 8.91. The molecule has 0 spiro atoms. The summed E-state index contributed by atoms with van der Waals surface area (Å²) in [5, 5.41) is 3.46. The first-order valence-electron chi connectivity index (χ1n) is 6.70. The molecule has 4 nitrogen and oxygen atoms in total. The van der Waals surface area contributed by atoms with Gasteiger partial charge in [0.15, 0.2) is 0 Å². The van der Waals surface area contributed by atoms with E-state index in [9.17, 15) is 8.42 Å². The number of hydrogen-bond donors (Lipinski definition) is 1. The summed E-state index contributed by atoms with van der Waals surface area (Å²) in [6.07, 6.45) is 3.65. The van der Waals surface area contributed by atoms with Crippen molar-refractivity contribution in [2.75, 3.05) is 19.4 Å². The average Bonchev–Trinajstić information content (AvgIpc) is 2.75. The first kappa shape index (κ1) is 14.3. The highest BCUT2D eigenvalue weighted by molar-refractivity contribution is 7.89. The van der Waals surface area contributed by atoms with Crippen LogP contribution in [0, 0.1) is 5.92 Å². The van der Waals surface area contributed by atoms with Crippen LogP contribution in [0.4, 0.5) is 5.69 Å². The third kappa shape index (κ3) is 3.09. The van der Waals surface area contributed by atoms with E-state index in [-0.39, 0.29) is 0 Å². The lowest BCUT2D eigenvalue weighted by atomic mass is 10.1. The van der Waals surface area contributed by atoms with Crippen LogP contribution in [-0.2, 0) is 10.0 Å². The lowest BCUT2D eigenvalue weighted by Crippen LogP contribution is -2.24. The fourth-order valence-electron chi connectivity index (χ4n) is 2.53. The van der Waals surface area contributed by atoms with E-state index in [1.807, 2.05) is 6.07 Å². The molecule has 2 rings (SSSR count). The van der Waals surface area contributed by atoms with Crippen LogP contribution in [0.1, 0.15) is 26.2 Å². The Labute approximate surface area is 115 Å². The molecule has 0 bridgehead atoms. The van der Waals surface area contributed by atoms with E-state index in [1.165, 1.54) is 17.1 Å². The van der Waals surface area contributed by atoms with Gasteiger partial charge in [0, 0.05) is 25.8 Å². The second-order valence-electron chi connectivity index (χ2n) is 5.47. The van der Waals surface area contributed by atoms with Gasteiger partial charge in [0.2, 0.25) is 10.0 Å². The summed E-state index contributed by atoms with van der Waals surface area (Å²) >= 11 is 0. The number of rotatable bonds is 4. The Morgan fingerprint density at radius 3 is 2.58 bits per heavy atom. The van der Waals surface area contributed by atoms with E-state index < -0.39 is 10.0 Å². The zero-order valence-electron chi connectivity index (χ0n) is 11.8. The van der Waals surface area contributed by atoms with E-state index in [1.54, 1.807) is 32.3 Å². The van der Waals surface area contributed by atoms with E-state index in [2.05, 4.69) is 12.2 Å². The van der Waals surface area contributed by atoms with Gasteiger partial charge in [0.05, 0.1) is 4.90 Å². The number of sulfonamides is 1. The van der Waals surface area contributed by atoms with Crippen LogP contribution < -0.4 is 5.32 Å². The van der Waals surface area contributed by atoms with Gasteiger partial charge < -0.3 is 5.32 Å². The Morgan fingerprint density at radius 2 is 2.00 bits per heavy atom. The van der Waals surface area contributed by atoms with Gasteiger partial charge >= 0.3 is 0 Å². The van der Waals surface area contributed by atoms with Crippen molar-refractivity contribution in [2.24, 2.45) is 5.92 Å². The smallest absolute Gasteiger partial charge is 0.242 e. The van der Waals surface area contributed by atoms with Gasteiger partial charge in [-0.25, -0.2) is 12.7 Å². The minimum absolute atomic E-state index is 0.341. The first-order valence-corrected chi connectivity index (χ1v) is 8.14. The summed E-state index contributed by atoms with van der Waals surface area (Å²) < 4.78 is 25.4. The number of hydrogen-bond acceptors (Lipinski definition) is 3. The normalized spacial score (nSPS) is 23.8. The molecule has 0 aromatic heterocycles. The molecule has 1 aromatic carbocycles. The lowest BCUT2D eigenvalue weighted by molar-refractivity contribution is 0.520. The molecular weight excluding hydrogens is 260 g/mol. The zero-order chi connectivity index (χ0) is 14.0. The number of nitrogens with one attached hydrogen (secondary N) is 1. The summed E-state index contributed by atoms with van der Waals surface area (Å²) in [6.45, 7) is 2.24. The maximum absolute atomic E-state index is 12.1. The van der Waals surface area contributed by atoms with Gasteiger partial charge in [-0.3, -0.25) is 0 Å². The van der Waals surface area contributed by atoms with Crippen molar-refractivity contribution in [1.29, 1.82) is 0 Å². The quantitative estimate of drug-likeness (QED) is 0.923. The van der Waals surface area contributed by atoms with Crippen molar-refractivity contribution in [3.05, 3.63) is 24.3 Å². The van der Waals surface area contributed by atoms with Gasteiger partial charge in [-0.2, -0.15) is 0 Å². The Kier molecular flexibility index (Phi) is 4.16. The molecule has 2 atom stereocenters. The highest BCUT2D eigenvalue weighted by Crippen LogP contribution is 2.28. The predicted octanol–water partition coefficient (Wildman–Crippen LogP) is 2.54. The summed E-state index contributed by atoms with van der Waals surface area (Å²) in [5.41, 5.74) is 0.890. The second kappa shape index (κ2) is 5.51. The summed E-state index contributed by atoms with van der Waals surface area (Å²) in [7, 11) is -0.253. The molecule has 1 fully saturated rings. The highest BCUT2D eigenvalue weighted by Gasteiger charge is 2.23. The molecule has 2 unspecified atom stereocenters. The molecule has 1 aliphatic rings. The van der Waals surface area contributed by atoms with Crippen LogP contribution in [0.3, 0.4) is 0 Å². The van der Waals surface area contributed by atoms with Gasteiger partial charge in [-0.1, -0.05) is 19.4 Å². The fraction of sp³-hybridized carbons (Fsp3) is 0.571. The fourth-order valence-corrected chi connectivity index (χ4v) is 3.48. The van der Waals surface area contributed by atoms with Crippen LogP contribution in [0.5, 0.6) is 0 Å². The molecule has 0 aliphatic heterocycles. The number of nitrogens with zero attached hydrogens (tertiary/aromatic N) is 1. The van der Waals surface area contributed by atoms with E-state index in [0.29, 0.717) is 16.9 Å². The maximum atomic E-state index is 12.1.